The summed E-state index contributed by atoms with van der Waals surface area (Å²) in [5.41, 5.74) is 0.734. The van der Waals surface area contributed by atoms with Crippen LogP contribution in [0.25, 0.3) is 11.5 Å². The molecule has 0 aliphatic heterocycles. The maximum Gasteiger partial charge on any atom is 0.345 e. The highest BCUT2D eigenvalue weighted by Crippen LogP contribution is 2.27. The number of benzene rings is 1. The van der Waals surface area contributed by atoms with Gasteiger partial charge in [0.2, 0.25) is 11.8 Å². The Morgan fingerprint density at radius 2 is 2.15 bits per heavy atom. The highest BCUT2D eigenvalue weighted by Gasteiger charge is 2.15. The molecule has 0 spiro atoms. The normalized spacial score (nSPS) is 10.6. The van der Waals surface area contributed by atoms with Gasteiger partial charge in [-0.2, -0.15) is 0 Å². The van der Waals surface area contributed by atoms with Gasteiger partial charge in [-0.15, -0.1) is 10.2 Å². The molecular formula is C15H13N5O5S2. The summed E-state index contributed by atoms with van der Waals surface area (Å²) in [6.07, 6.45) is 1.09. The molecule has 0 fully saturated rings. The molecule has 1 amide bonds. The van der Waals surface area contributed by atoms with Crippen molar-refractivity contribution in [1.82, 2.24) is 15.2 Å². The molecule has 0 atom stereocenters. The van der Waals surface area contributed by atoms with Gasteiger partial charge in [0.05, 0.1) is 17.3 Å². The SMILES string of the molecule is CCOc1ccc(-c2nnc(SCC(=O)Nc3ncc([N+](=O)[O-])s3)o2)cc1. The summed E-state index contributed by atoms with van der Waals surface area (Å²) in [7, 11) is 0. The predicted octanol–water partition coefficient (Wildman–Crippen LogP) is 3.23. The molecule has 2 heterocycles. The van der Waals surface area contributed by atoms with E-state index >= 15 is 0 Å². The van der Waals surface area contributed by atoms with E-state index in [4.69, 9.17) is 9.15 Å². The van der Waals surface area contributed by atoms with Crippen LogP contribution in [-0.2, 0) is 4.79 Å². The van der Waals surface area contributed by atoms with Gasteiger partial charge in [0, 0.05) is 5.56 Å². The second kappa shape index (κ2) is 8.60. The highest BCUT2D eigenvalue weighted by atomic mass is 32.2. The number of hydrogen-bond donors (Lipinski definition) is 1. The predicted molar refractivity (Wildman–Crippen MR) is 99.0 cm³/mol. The zero-order valence-electron chi connectivity index (χ0n) is 13.9. The Bertz CT molecular complexity index is 940. The number of nitro groups is 1. The largest absolute Gasteiger partial charge is 0.494 e. The summed E-state index contributed by atoms with van der Waals surface area (Å²) in [5.74, 6) is 0.689. The first-order valence-electron chi connectivity index (χ1n) is 7.64. The summed E-state index contributed by atoms with van der Waals surface area (Å²) in [4.78, 5) is 25.7. The van der Waals surface area contributed by atoms with Gasteiger partial charge < -0.3 is 14.5 Å². The summed E-state index contributed by atoms with van der Waals surface area (Å²) in [6.45, 7) is 2.48. The molecule has 0 unspecified atom stereocenters. The standard InChI is InChI=1S/C15H13N5O5S2/c1-2-24-10-5-3-9(4-6-10)13-18-19-15(25-13)26-8-11(21)17-14-16-7-12(27-14)20(22)23/h3-7H,2,8H2,1H3,(H,16,17,21). The van der Waals surface area contributed by atoms with E-state index in [1.807, 2.05) is 6.92 Å². The van der Waals surface area contributed by atoms with Crippen LogP contribution in [-0.4, -0.2) is 38.4 Å². The van der Waals surface area contributed by atoms with Crippen LogP contribution in [0.4, 0.5) is 10.1 Å². The third kappa shape index (κ3) is 5.01. The van der Waals surface area contributed by atoms with Gasteiger partial charge in [0.1, 0.15) is 11.9 Å². The minimum absolute atomic E-state index is 0.00170. The first-order chi connectivity index (χ1) is 13.0. The molecule has 1 aromatic carbocycles. The van der Waals surface area contributed by atoms with Crippen molar-refractivity contribution in [2.24, 2.45) is 0 Å². The van der Waals surface area contributed by atoms with E-state index in [1.54, 1.807) is 24.3 Å². The van der Waals surface area contributed by atoms with Gasteiger partial charge in [0.25, 0.3) is 5.22 Å². The fourth-order valence-corrected chi connectivity index (χ4v) is 3.15. The molecule has 10 nitrogen and oxygen atoms in total. The minimum atomic E-state index is -0.567. The third-order valence-electron chi connectivity index (χ3n) is 3.07. The lowest BCUT2D eigenvalue weighted by atomic mass is 10.2. The number of rotatable bonds is 8. The number of carbonyl (C=O) groups excluding carboxylic acids is 1. The number of thioether (sulfide) groups is 1. The lowest BCUT2D eigenvalue weighted by Crippen LogP contribution is -2.13. The molecule has 3 aromatic rings. The van der Waals surface area contributed by atoms with E-state index in [0.29, 0.717) is 12.5 Å². The Morgan fingerprint density at radius 3 is 2.81 bits per heavy atom. The van der Waals surface area contributed by atoms with Gasteiger partial charge in [-0.3, -0.25) is 14.9 Å². The topological polar surface area (TPSA) is 133 Å². The number of amides is 1. The quantitative estimate of drug-likeness (QED) is 0.339. The summed E-state index contributed by atoms with van der Waals surface area (Å²) in [5, 5.41) is 21.2. The molecule has 2 aromatic heterocycles. The highest BCUT2D eigenvalue weighted by molar-refractivity contribution is 7.99. The summed E-state index contributed by atoms with van der Waals surface area (Å²) < 4.78 is 10.9. The van der Waals surface area contributed by atoms with Crippen LogP contribution in [0.2, 0.25) is 0 Å². The van der Waals surface area contributed by atoms with E-state index in [0.717, 1.165) is 40.6 Å². The zero-order valence-corrected chi connectivity index (χ0v) is 15.6. The molecule has 0 bridgehead atoms. The molecule has 140 valence electrons. The molecule has 1 N–H and O–H groups in total. The smallest absolute Gasteiger partial charge is 0.345 e. The first kappa shape index (κ1) is 18.8. The Hall–Kier alpha value is -2.99. The van der Waals surface area contributed by atoms with Crippen LogP contribution in [0.5, 0.6) is 5.75 Å². The lowest BCUT2D eigenvalue weighted by molar-refractivity contribution is -0.380. The summed E-state index contributed by atoms with van der Waals surface area (Å²) >= 11 is 1.84. The van der Waals surface area contributed by atoms with Crippen LogP contribution in [0.3, 0.4) is 0 Å². The van der Waals surface area contributed by atoms with Crippen molar-refractivity contribution in [3.63, 3.8) is 0 Å². The number of anilines is 1. The molecule has 12 heteroatoms. The molecule has 0 radical (unpaired) electrons. The van der Waals surface area contributed by atoms with Gasteiger partial charge in [-0.1, -0.05) is 11.8 Å². The van der Waals surface area contributed by atoms with Crippen molar-refractivity contribution in [2.45, 2.75) is 12.1 Å². The van der Waals surface area contributed by atoms with Crippen molar-refractivity contribution in [3.05, 3.63) is 40.6 Å². The Morgan fingerprint density at radius 1 is 1.37 bits per heavy atom. The molecule has 3 rings (SSSR count). The van der Waals surface area contributed by atoms with Crippen LogP contribution in [0, 0.1) is 10.1 Å². The molecular weight excluding hydrogens is 394 g/mol. The third-order valence-corrected chi connectivity index (χ3v) is 4.75. The van der Waals surface area contributed by atoms with Crippen molar-refractivity contribution in [3.8, 4) is 17.2 Å². The fraction of sp³-hybridized carbons (Fsp3) is 0.200. The van der Waals surface area contributed by atoms with Crippen molar-refractivity contribution >= 4 is 39.1 Å². The monoisotopic (exact) mass is 407 g/mol. The second-order valence-corrected chi connectivity index (χ2v) is 6.86. The maximum absolute atomic E-state index is 11.9. The van der Waals surface area contributed by atoms with Crippen molar-refractivity contribution in [1.29, 1.82) is 0 Å². The van der Waals surface area contributed by atoms with E-state index in [1.165, 1.54) is 0 Å². The van der Waals surface area contributed by atoms with Crippen molar-refractivity contribution in [2.75, 3.05) is 17.7 Å². The maximum atomic E-state index is 11.9. The Balaban J connectivity index is 1.54. The van der Waals surface area contributed by atoms with Crippen LogP contribution >= 0.6 is 23.1 Å². The van der Waals surface area contributed by atoms with Crippen LogP contribution in [0.15, 0.2) is 40.1 Å². The molecule has 0 saturated heterocycles. The molecule has 0 aliphatic rings. The zero-order chi connectivity index (χ0) is 19.2. The van der Waals surface area contributed by atoms with E-state index in [-0.39, 0.29) is 27.0 Å². The first-order valence-corrected chi connectivity index (χ1v) is 9.45. The minimum Gasteiger partial charge on any atom is -0.494 e. The van der Waals surface area contributed by atoms with Gasteiger partial charge in [0.15, 0.2) is 5.13 Å². The van der Waals surface area contributed by atoms with Crippen LogP contribution < -0.4 is 10.1 Å². The van der Waals surface area contributed by atoms with E-state index in [9.17, 15) is 14.9 Å². The van der Waals surface area contributed by atoms with Gasteiger partial charge >= 0.3 is 5.00 Å². The number of hydrogen-bond acceptors (Lipinski definition) is 10. The average molecular weight is 407 g/mol. The van der Waals surface area contributed by atoms with Gasteiger partial charge in [-0.05, 0) is 42.5 Å². The molecule has 0 saturated carbocycles. The number of nitrogens with one attached hydrogen (secondary N) is 1. The molecule has 0 aliphatic carbocycles. The van der Waals surface area contributed by atoms with Crippen molar-refractivity contribution < 1.29 is 18.9 Å². The number of ether oxygens (including phenoxy) is 1. The number of nitrogens with zero attached hydrogens (tertiary/aromatic N) is 4. The lowest BCUT2D eigenvalue weighted by Gasteiger charge is -2.02. The summed E-state index contributed by atoms with van der Waals surface area (Å²) in [6, 6.07) is 7.21. The number of thiazole rings is 1. The van der Waals surface area contributed by atoms with Gasteiger partial charge in [-0.25, -0.2) is 4.98 Å². The van der Waals surface area contributed by atoms with Crippen LogP contribution in [0.1, 0.15) is 6.92 Å². The number of carbonyl (C=O) groups is 1. The van der Waals surface area contributed by atoms with E-state index in [2.05, 4.69) is 20.5 Å². The fourth-order valence-electron chi connectivity index (χ4n) is 1.94. The average Bonchev–Trinajstić information content (AvgIpc) is 3.30. The Labute approximate surface area is 161 Å². The Kier molecular flexibility index (Phi) is 5.98. The molecule has 27 heavy (non-hydrogen) atoms. The number of aromatic nitrogens is 3. The second-order valence-electron chi connectivity index (χ2n) is 4.93. The van der Waals surface area contributed by atoms with E-state index < -0.39 is 4.92 Å².